The summed E-state index contributed by atoms with van der Waals surface area (Å²) < 4.78 is 14.3. The van der Waals surface area contributed by atoms with E-state index >= 15 is 0 Å². The van der Waals surface area contributed by atoms with Gasteiger partial charge in [-0.05, 0) is 65.7 Å². The summed E-state index contributed by atoms with van der Waals surface area (Å²) in [5, 5.41) is 0. The van der Waals surface area contributed by atoms with E-state index in [-0.39, 0.29) is 5.82 Å². The van der Waals surface area contributed by atoms with Crippen molar-refractivity contribution in [2.24, 2.45) is 0 Å². The van der Waals surface area contributed by atoms with Crippen molar-refractivity contribution in [2.45, 2.75) is 0 Å². The van der Waals surface area contributed by atoms with Crippen LogP contribution in [0.3, 0.4) is 0 Å². The lowest BCUT2D eigenvalue weighted by molar-refractivity contribution is 0.628. The van der Waals surface area contributed by atoms with Crippen LogP contribution in [0.1, 0.15) is 0 Å². The molecule has 4 aromatic rings. The van der Waals surface area contributed by atoms with Crippen LogP contribution in [0.5, 0.6) is 0 Å². The molecule has 0 saturated heterocycles. The summed E-state index contributed by atoms with van der Waals surface area (Å²) in [7, 11) is 0. The Bertz CT molecular complexity index is 991. The largest absolute Gasteiger partial charge is 0.354 e. The zero-order chi connectivity index (χ0) is 17.2. The molecule has 2 nitrogen and oxygen atoms in total. The third-order valence-electron chi connectivity index (χ3n) is 4.05. The zero-order valence-corrected chi connectivity index (χ0v) is 14.8. The summed E-state index contributed by atoms with van der Waals surface area (Å²) >= 11 is 3.46. The zero-order valence-electron chi connectivity index (χ0n) is 13.2. The molecule has 2 heterocycles. The average Bonchev–Trinajstić information content (AvgIpc) is 3.09. The Hall–Kier alpha value is -2.72. The standard InChI is InChI=1S/C21H14BrFN2/c22-16-8-4-14(5-9-16)20-13-18(19-3-1-2-12-24-19)21(25-20)15-6-10-17(23)11-7-15/h1-13,25H. The molecular weight excluding hydrogens is 379 g/mol. The Morgan fingerprint density at radius 2 is 1.56 bits per heavy atom. The highest BCUT2D eigenvalue weighted by Gasteiger charge is 2.14. The Balaban J connectivity index is 1.89. The van der Waals surface area contributed by atoms with Gasteiger partial charge in [-0.15, -0.1) is 0 Å². The third-order valence-corrected chi connectivity index (χ3v) is 4.58. The molecule has 0 radical (unpaired) electrons. The first kappa shape index (κ1) is 15.8. The first-order valence-electron chi connectivity index (χ1n) is 7.87. The molecule has 122 valence electrons. The first-order chi connectivity index (χ1) is 12.2. The predicted molar refractivity (Wildman–Crippen MR) is 103 cm³/mol. The molecule has 0 atom stereocenters. The number of pyridine rings is 1. The van der Waals surface area contributed by atoms with E-state index in [2.05, 4.69) is 32.0 Å². The molecule has 0 amide bonds. The number of rotatable bonds is 3. The van der Waals surface area contributed by atoms with Crippen molar-refractivity contribution in [2.75, 3.05) is 0 Å². The number of hydrogen-bond donors (Lipinski definition) is 1. The highest BCUT2D eigenvalue weighted by Crippen LogP contribution is 2.35. The Labute approximate surface area is 153 Å². The molecule has 0 fully saturated rings. The Morgan fingerprint density at radius 1 is 0.840 bits per heavy atom. The van der Waals surface area contributed by atoms with Gasteiger partial charge in [0, 0.05) is 21.9 Å². The molecule has 1 N–H and O–H groups in total. The number of hydrogen-bond acceptors (Lipinski definition) is 1. The molecule has 2 aromatic carbocycles. The molecule has 0 spiro atoms. The minimum atomic E-state index is -0.247. The van der Waals surface area contributed by atoms with Crippen LogP contribution in [0.25, 0.3) is 33.8 Å². The Morgan fingerprint density at radius 3 is 2.24 bits per heavy atom. The van der Waals surface area contributed by atoms with Gasteiger partial charge in [0.25, 0.3) is 0 Å². The lowest BCUT2D eigenvalue weighted by Gasteiger charge is -2.04. The quantitative estimate of drug-likeness (QED) is 0.434. The van der Waals surface area contributed by atoms with Gasteiger partial charge >= 0.3 is 0 Å². The highest BCUT2D eigenvalue weighted by molar-refractivity contribution is 9.10. The molecule has 2 aromatic heterocycles. The van der Waals surface area contributed by atoms with Crippen molar-refractivity contribution in [3.63, 3.8) is 0 Å². The molecule has 0 saturated carbocycles. The number of H-pyrrole nitrogens is 1. The van der Waals surface area contributed by atoms with Gasteiger partial charge < -0.3 is 4.98 Å². The van der Waals surface area contributed by atoms with Crippen LogP contribution >= 0.6 is 15.9 Å². The van der Waals surface area contributed by atoms with Crippen LogP contribution in [-0.2, 0) is 0 Å². The predicted octanol–water partition coefficient (Wildman–Crippen LogP) is 6.31. The van der Waals surface area contributed by atoms with Gasteiger partial charge in [0.15, 0.2) is 0 Å². The van der Waals surface area contributed by atoms with E-state index in [4.69, 9.17) is 0 Å². The van der Waals surface area contributed by atoms with E-state index in [1.807, 2.05) is 42.5 Å². The number of halogens is 2. The summed E-state index contributed by atoms with van der Waals surface area (Å²) in [5.74, 6) is -0.247. The molecule has 0 aliphatic carbocycles. The molecule has 0 aliphatic rings. The number of benzene rings is 2. The van der Waals surface area contributed by atoms with Gasteiger partial charge in [-0.25, -0.2) is 4.39 Å². The lowest BCUT2D eigenvalue weighted by Crippen LogP contribution is -1.85. The van der Waals surface area contributed by atoms with Gasteiger partial charge in [0.05, 0.1) is 11.4 Å². The van der Waals surface area contributed by atoms with E-state index in [9.17, 15) is 4.39 Å². The first-order valence-corrected chi connectivity index (χ1v) is 8.66. The third kappa shape index (κ3) is 3.26. The van der Waals surface area contributed by atoms with Crippen LogP contribution in [0.15, 0.2) is 83.5 Å². The summed E-state index contributed by atoms with van der Waals surface area (Å²) in [6, 6.07) is 22.5. The van der Waals surface area contributed by atoms with E-state index < -0.39 is 0 Å². The van der Waals surface area contributed by atoms with Crippen molar-refractivity contribution in [3.8, 4) is 33.8 Å². The minimum absolute atomic E-state index is 0.247. The minimum Gasteiger partial charge on any atom is -0.354 e. The van der Waals surface area contributed by atoms with Crippen LogP contribution < -0.4 is 0 Å². The number of nitrogens with zero attached hydrogens (tertiary/aromatic N) is 1. The highest BCUT2D eigenvalue weighted by atomic mass is 79.9. The average molecular weight is 393 g/mol. The van der Waals surface area contributed by atoms with Crippen LogP contribution in [0.4, 0.5) is 4.39 Å². The van der Waals surface area contributed by atoms with E-state index in [1.165, 1.54) is 12.1 Å². The topological polar surface area (TPSA) is 28.7 Å². The summed E-state index contributed by atoms with van der Waals surface area (Å²) in [4.78, 5) is 7.95. The number of nitrogens with one attached hydrogen (secondary N) is 1. The summed E-state index contributed by atoms with van der Waals surface area (Å²) in [6.07, 6.45) is 1.77. The number of aromatic amines is 1. The Kier molecular flexibility index (Phi) is 4.20. The van der Waals surface area contributed by atoms with Crippen LogP contribution in [0, 0.1) is 5.82 Å². The molecule has 0 bridgehead atoms. The van der Waals surface area contributed by atoms with E-state index in [0.29, 0.717) is 0 Å². The second-order valence-corrected chi connectivity index (χ2v) is 6.62. The SMILES string of the molecule is Fc1ccc(-c2[nH]c(-c3ccc(Br)cc3)cc2-c2ccccn2)cc1. The molecule has 25 heavy (non-hydrogen) atoms. The maximum Gasteiger partial charge on any atom is 0.123 e. The monoisotopic (exact) mass is 392 g/mol. The number of aromatic nitrogens is 2. The normalized spacial score (nSPS) is 10.8. The lowest BCUT2D eigenvalue weighted by atomic mass is 10.0. The fourth-order valence-electron chi connectivity index (χ4n) is 2.81. The van der Waals surface area contributed by atoms with Gasteiger partial charge in [-0.3, -0.25) is 4.98 Å². The summed E-state index contributed by atoms with van der Waals surface area (Å²) in [6.45, 7) is 0. The van der Waals surface area contributed by atoms with Crippen molar-refractivity contribution < 1.29 is 4.39 Å². The molecule has 4 rings (SSSR count). The van der Waals surface area contributed by atoms with Crippen LogP contribution in [-0.4, -0.2) is 9.97 Å². The fourth-order valence-corrected chi connectivity index (χ4v) is 3.07. The van der Waals surface area contributed by atoms with Gasteiger partial charge in [-0.2, -0.15) is 0 Å². The smallest absolute Gasteiger partial charge is 0.123 e. The molecule has 0 unspecified atom stereocenters. The van der Waals surface area contributed by atoms with Crippen molar-refractivity contribution in [1.29, 1.82) is 0 Å². The van der Waals surface area contributed by atoms with E-state index in [0.717, 1.165) is 38.2 Å². The van der Waals surface area contributed by atoms with Crippen molar-refractivity contribution in [3.05, 3.63) is 89.3 Å². The van der Waals surface area contributed by atoms with Gasteiger partial charge in [-0.1, -0.05) is 34.1 Å². The molecular formula is C21H14BrFN2. The summed E-state index contributed by atoms with van der Waals surface area (Å²) in [5.41, 5.74) is 5.79. The van der Waals surface area contributed by atoms with Crippen LogP contribution in [0.2, 0.25) is 0 Å². The maximum atomic E-state index is 13.3. The van der Waals surface area contributed by atoms with Gasteiger partial charge in [0.2, 0.25) is 0 Å². The molecule has 4 heteroatoms. The van der Waals surface area contributed by atoms with Crippen molar-refractivity contribution >= 4 is 15.9 Å². The van der Waals surface area contributed by atoms with Gasteiger partial charge in [0.1, 0.15) is 5.82 Å². The van der Waals surface area contributed by atoms with Crippen molar-refractivity contribution in [1.82, 2.24) is 9.97 Å². The maximum absolute atomic E-state index is 13.3. The second-order valence-electron chi connectivity index (χ2n) is 5.70. The fraction of sp³-hybridized carbons (Fsp3) is 0. The molecule has 0 aliphatic heterocycles. The van der Waals surface area contributed by atoms with E-state index in [1.54, 1.807) is 18.3 Å². The second kappa shape index (κ2) is 6.65.